The van der Waals surface area contributed by atoms with Gasteiger partial charge in [0, 0.05) is 12.5 Å². The van der Waals surface area contributed by atoms with E-state index in [1.807, 2.05) is 12.1 Å². The van der Waals surface area contributed by atoms with Gasteiger partial charge in [0.1, 0.15) is 5.75 Å². The van der Waals surface area contributed by atoms with Crippen molar-refractivity contribution in [2.75, 3.05) is 13.2 Å². The smallest absolute Gasteiger partial charge is 0.119 e. The second kappa shape index (κ2) is 7.76. The predicted octanol–water partition coefficient (Wildman–Crippen LogP) is 3.15. The maximum atomic E-state index is 5.62. The molecule has 1 rings (SSSR count). The van der Waals surface area contributed by atoms with Gasteiger partial charge >= 0.3 is 0 Å². The summed E-state index contributed by atoms with van der Waals surface area (Å²) in [6, 6.07) is 8.37. The average Bonchev–Trinajstić information content (AvgIpc) is 2.36. The second-order valence-electron chi connectivity index (χ2n) is 3.94. The normalized spacial score (nSPS) is 11.8. The van der Waals surface area contributed by atoms with Gasteiger partial charge in [0.25, 0.3) is 0 Å². The Kier molecular flexibility index (Phi) is 6.21. The summed E-state index contributed by atoms with van der Waals surface area (Å²) >= 11 is 0. The predicted molar refractivity (Wildman–Crippen MR) is 72.1 cm³/mol. The Balaban J connectivity index is 2.76. The van der Waals surface area contributed by atoms with E-state index in [1.54, 1.807) is 0 Å². The topological polar surface area (TPSA) is 21.3 Å². The molecule has 2 heteroatoms. The van der Waals surface area contributed by atoms with Crippen LogP contribution < -0.4 is 10.1 Å². The molecule has 0 saturated carbocycles. The SMILES string of the molecule is C#CCC(NCC)c1cccc(OCCC)c1. The molecule has 0 bridgehead atoms. The van der Waals surface area contributed by atoms with Crippen LogP contribution in [0.25, 0.3) is 0 Å². The van der Waals surface area contributed by atoms with Crippen molar-refractivity contribution in [3.63, 3.8) is 0 Å². The van der Waals surface area contributed by atoms with Crippen molar-refractivity contribution in [1.29, 1.82) is 0 Å². The maximum Gasteiger partial charge on any atom is 0.119 e. The van der Waals surface area contributed by atoms with Crippen LogP contribution in [0.3, 0.4) is 0 Å². The summed E-state index contributed by atoms with van der Waals surface area (Å²) in [7, 11) is 0. The molecule has 1 unspecified atom stereocenters. The van der Waals surface area contributed by atoms with Gasteiger partial charge in [-0.15, -0.1) is 12.3 Å². The van der Waals surface area contributed by atoms with Crippen LogP contribution in [0.1, 0.15) is 38.3 Å². The molecule has 0 spiro atoms. The number of nitrogens with one attached hydrogen (secondary N) is 1. The van der Waals surface area contributed by atoms with Crippen molar-refractivity contribution in [2.45, 2.75) is 32.7 Å². The first kappa shape index (κ1) is 13.6. The zero-order valence-corrected chi connectivity index (χ0v) is 10.7. The highest BCUT2D eigenvalue weighted by molar-refractivity contribution is 5.31. The van der Waals surface area contributed by atoms with Crippen molar-refractivity contribution in [3.8, 4) is 18.1 Å². The maximum absolute atomic E-state index is 5.62. The zero-order valence-electron chi connectivity index (χ0n) is 10.7. The van der Waals surface area contributed by atoms with Gasteiger partial charge in [0.05, 0.1) is 6.61 Å². The lowest BCUT2D eigenvalue weighted by Crippen LogP contribution is -2.20. The molecule has 0 aliphatic carbocycles. The first-order valence-electron chi connectivity index (χ1n) is 6.21. The second-order valence-corrected chi connectivity index (χ2v) is 3.94. The molecule has 1 N–H and O–H groups in total. The average molecular weight is 231 g/mol. The van der Waals surface area contributed by atoms with Crippen LogP contribution in [0.4, 0.5) is 0 Å². The van der Waals surface area contributed by atoms with Gasteiger partial charge < -0.3 is 10.1 Å². The molecule has 1 aromatic carbocycles. The first-order chi connectivity index (χ1) is 8.31. The molecule has 17 heavy (non-hydrogen) atoms. The van der Waals surface area contributed by atoms with Crippen molar-refractivity contribution in [2.24, 2.45) is 0 Å². The minimum atomic E-state index is 0.218. The third kappa shape index (κ3) is 4.50. The van der Waals surface area contributed by atoms with Gasteiger partial charge in [-0.05, 0) is 30.7 Å². The highest BCUT2D eigenvalue weighted by Gasteiger charge is 2.09. The first-order valence-corrected chi connectivity index (χ1v) is 6.21. The van der Waals surface area contributed by atoms with E-state index >= 15 is 0 Å². The Morgan fingerprint density at radius 1 is 1.41 bits per heavy atom. The molecule has 0 amide bonds. The van der Waals surface area contributed by atoms with Gasteiger partial charge in [-0.25, -0.2) is 0 Å². The Bertz CT molecular complexity index is 367. The molecule has 0 aromatic heterocycles. The number of hydrogen-bond acceptors (Lipinski definition) is 2. The Hall–Kier alpha value is -1.46. The molecule has 0 radical (unpaired) electrons. The number of benzene rings is 1. The third-order valence-corrected chi connectivity index (χ3v) is 2.51. The van der Waals surface area contributed by atoms with Crippen LogP contribution >= 0.6 is 0 Å². The third-order valence-electron chi connectivity index (χ3n) is 2.51. The molecule has 0 heterocycles. The summed E-state index contributed by atoms with van der Waals surface area (Å²) in [6.07, 6.45) is 7.11. The fourth-order valence-electron chi connectivity index (χ4n) is 1.71. The van der Waals surface area contributed by atoms with Crippen LogP contribution in [0.2, 0.25) is 0 Å². The van der Waals surface area contributed by atoms with Gasteiger partial charge in [-0.3, -0.25) is 0 Å². The van der Waals surface area contributed by atoms with Gasteiger partial charge in [-0.2, -0.15) is 0 Å². The summed E-state index contributed by atoms with van der Waals surface area (Å²) in [6.45, 7) is 5.85. The van der Waals surface area contributed by atoms with Gasteiger partial charge in [0.15, 0.2) is 0 Å². The molecule has 0 aliphatic rings. The number of hydrogen-bond donors (Lipinski definition) is 1. The van der Waals surface area contributed by atoms with Gasteiger partial charge in [-0.1, -0.05) is 26.0 Å². The van der Waals surface area contributed by atoms with E-state index in [0.717, 1.165) is 25.3 Å². The number of terminal acetylenes is 1. The molecule has 1 atom stereocenters. The Morgan fingerprint density at radius 2 is 2.24 bits per heavy atom. The zero-order chi connectivity index (χ0) is 12.5. The Labute approximate surface area is 104 Å². The van der Waals surface area contributed by atoms with Crippen LogP contribution in [0.15, 0.2) is 24.3 Å². The van der Waals surface area contributed by atoms with Crippen molar-refractivity contribution in [3.05, 3.63) is 29.8 Å². The summed E-state index contributed by atoms with van der Waals surface area (Å²) in [5.74, 6) is 3.63. The molecule has 0 saturated heterocycles. The van der Waals surface area contributed by atoms with Crippen LogP contribution in [-0.2, 0) is 0 Å². The van der Waals surface area contributed by atoms with Crippen molar-refractivity contribution < 1.29 is 4.74 Å². The van der Waals surface area contributed by atoms with E-state index in [-0.39, 0.29) is 6.04 Å². The van der Waals surface area contributed by atoms with E-state index in [2.05, 4.69) is 37.2 Å². The van der Waals surface area contributed by atoms with E-state index < -0.39 is 0 Å². The number of rotatable bonds is 7. The van der Waals surface area contributed by atoms with Crippen molar-refractivity contribution in [1.82, 2.24) is 5.32 Å². The summed E-state index contributed by atoms with van der Waals surface area (Å²) in [4.78, 5) is 0. The largest absolute Gasteiger partial charge is 0.494 e. The summed E-state index contributed by atoms with van der Waals surface area (Å²) in [5, 5.41) is 3.39. The minimum absolute atomic E-state index is 0.218. The van der Waals surface area contributed by atoms with Crippen LogP contribution in [0, 0.1) is 12.3 Å². The molecule has 0 fully saturated rings. The Morgan fingerprint density at radius 3 is 2.88 bits per heavy atom. The quantitative estimate of drug-likeness (QED) is 0.728. The highest BCUT2D eigenvalue weighted by Crippen LogP contribution is 2.21. The lowest BCUT2D eigenvalue weighted by Gasteiger charge is -2.16. The monoisotopic (exact) mass is 231 g/mol. The van der Waals surface area contributed by atoms with E-state index in [4.69, 9.17) is 11.2 Å². The fourth-order valence-corrected chi connectivity index (χ4v) is 1.71. The van der Waals surface area contributed by atoms with E-state index in [1.165, 1.54) is 5.56 Å². The summed E-state index contributed by atoms with van der Waals surface area (Å²) in [5.41, 5.74) is 1.19. The van der Waals surface area contributed by atoms with Crippen LogP contribution in [-0.4, -0.2) is 13.2 Å². The molecule has 0 aliphatic heterocycles. The lowest BCUT2D eigenvalue weighted by molar-refractivity contribution is 0.316. The lowest BCUT2D eigenvalue weighted by atomic mass is 10.0. The molecular weight excluding hydrogens is 210 g/mol. The molecule has 2 nitrogen and oxygen atoms in total. The minimum Gasteiger partial charge on any atom is -0.494 e. The molecule has 1 aromatic rings. The number of ether oxygens (including phenoxy) is 1. The fraction of sp³-hybridized carbons (Fsp3) is 0.467. The molecular formula is C15H21NO. The molecule has 92 valence electrons. The summed E-state index contributed by atoms with van der Waals surface area (Å²) < 4.78 is 5.62. The standard InChI is InChI=1S/C15H21NO/c1-4-8-15(16-6-3)13-9-7-10-14(12-13)17-11-5-2/h1,7,9-10,12,15-16H,5-6,8,11H2,2-3H3. The van der Waals surface area contributed by atoms with E-state index in [0.29, 0.717) is 6.42 Å². The van der Waals surface area contributed by atoms with Gasteiger partial charge in [0.2, 0.25) is 0 Å². The van der Waals surface area contributed by atoms with Crippen LogP contribution in [0.5, 0.6) is 5.75 Å². The van der Waals surface area contributed by atoms with E-state index in [9.17, 15) is 0 Å². The van der Waals surface area contributed by atoms with Crippen molar-refractivity contribution >= 4 is 0 Å². The highest BCUT2D eigenvalue weighted by atomic mass is 16.5.